The Balaban J connectivity index is 3.90. The summed E-state index contributed by atoms with van der Waals surface area (Å²) in [6.07, 6.45) is 3.37. The molecule has 0 aromatic rings. The Bertz CT molecular complexity index is 138. The van der Waals surface area contributed by atoms with Gasteiger partial charge in [0.15, 0.2) is 0 Å². The van der Waals surface area contributed by atoms with Crippen molar-refractivity contribution in [3.05, 3.63) is 12.3 Å². The van der Waals surface area contributed by atoms with E-state index in [2.05, 4.69) is 21.4 Å². The quantitative estimate of drug-likeness (QED) is 0.384. The normalized spacial score (nSPS) is 12.0. The van der Waals surface area contributed by atoms with E-state index in [1.165, 1.54) is 7.11 Å². The maximum atomic E-state index is 4.67. The zero-order chi connectivity index (χ0) is 7.11. The van der Waals surface area contributed by atoms with Gasteiger partial charge in [-0.05, 0) is 13.6 Å². The summed E-state index contributed by atoms with van der Waals surface area (Å²) in [7, 11) is 1.50. The second-order valence-corrected chi connectivity index (χ2v) is 1.26. The molecular formula is C6H10N2O. The van der Waals surface area contributed by atoms with Crippen molar-refractivity contribution in [3.8, 4) is 0 Å². The predicted octanol–water partition coefficient (Wildman–Crippen LogP) is 1.22. The molecular weight excluding hydrogens is 116 g/mol. The first-order valence-corrected chi connectivity index (χ1v) is 2.54. The van der Waals surface area contributed by atoms with Gasteiger partial charge in [-0.3, -0.25) is 0 Å². The average molecular weight is 126 g/mol. The molecule has 50 valence electrons. The van der Waals surface area contributed by atoms with Crippen molar-refractivity contribution >= 4 is 12.7 Å². The Morgan fingerprint density at radius 1 is 1.67 bits per heavy atom. The van der Waals surface area contributed by atoms with Gasteiger partial charge in [-0.2, -0.15) is 0 Å². The minimum Gasteiger partial charge on any atom is -0.467 e. The number of aliphatic imine (C=N–C) groups is 2. The number of methoxy groups -OCH3 is 1. The predicted molar refractivity (Wildman–Crippen MR) is 38.8 cm³/mol. The van der Waals surface area contributed by atoms with Crippen LogP contribution in [0.5, 0.6) is 0 Å². The van der Waals surface area contributed by atoms with E-state index in [9.17, 15) is 0 Å². The molecule has 0 heterocycles. The van der Waals surface area contributed by atoms with Gasteiger partial charge in [0.25, 0.3) is 0 Å². The van der Waals surface area contributed by atoms with Crippen LogP contribution in [0.15, 0.2) is 22.3 Å². The fourth-order valence-corrected chi connectivity index (χ4v) is 0.296. The molecule has 0 amide bonds. The third-order valence-electron chi connectivity index (χ3n) is 0.652. The van der Waals surface area contributed by atoms with E-state index in [1.807, 2.05) is 6.92 Å². The maximum Gasteiger partial charge on any atom is 0.315 e. The van der Waals surface area contributed by atoms with E-state index in [4.69, 9.17) is 0 Å². The first-order chi connectivity index (χ1) is 4.35. The van der Waals surface area contributed by atoms with Crippen molar-refractivity contribution in [1.29, 1.82) is 0 Å². The van der Waals surface area contributed by atoms with E-state index in [0.717, 1.165) is 0 Å². The van der Waals surface area contributed by atoms with Gasteiger partial charge in [-0.25, -0.2) is 9.98 Å². The van der Waals surface area contributed by atoms with Gasteiger partial charge in [-0.15, -0.1) is 0 Å². The number of hydrogen-bond donors (Lipinski definition) is 0. The third-order valence-corrected chi connectivity index (χ3v) is 0.652. The van der Waals surface area contributed by atoms with Crippen molar-refractivity contribution in [2.24, 2.45) is 9.98 Å². The molecule has 0 fully saturated rings. The summed E-state index contributed by atoms with van der Waals surface area (Å²) < 4.78 is 4.67. The zero-order valence-corrected chi connectivity index (χ0v) is 5.66. The number of rotatable bonds is 1. The molecule has 0 radical (unpaired) electrons. The molecule has 9 heavy (non-hydrogen) atoms. The standard InChI is InChI=1S/C6H10N2O/c1-4-5-8-6(7-2)9-3/h4-5H,2H2,1,3H3/b5-4-,8-6?. The highest BCUT2D eigenvalue weighted by molar-refractivity contribution is 5.78. The van der Waals surface area contributed by atoms with Crippen LogP contribution in [0.25, 0.3) is 0 Å². The number of hydrogen-bond acceptors (Lipinski definition) is 2. The summed E-state index contributed by atoms with van der Waals surface area (Å²) in [5.41, 5.74) is 0. The Kier molecular flexibility index (Phi) is 4.40. The topological polar surface area (TPSA) is 34.0 Å². The van der Waals surface area contributed by atoms with Gasteiger partial charge in [0.2, 0.25) is 0 Å². The first kappa shape index (κ1) is 7.88. The van der Waals surface area contributed by atoms with Gasteiger partial charge in [0.05, 0.1) is 7.11 Å². The van der Waals surface area contributed by atoms with Crippen LogP contribution in [0.2, 0.25) is 0 Å². The molecule has 0 aromatic carbocycles. The van der Waals surface area contributed by atoms with E-state index in [-0.39, 0.29) is 6.02 Å². The molecule has 0 aromatic heterocycles. The minimum absolute atomic E-state index is 0.285. The van der Waals surface area contributed by atoms with Crippen LogP contribution in [0.3, 0.4) is 0 Å². The van der Waals surface area contributed by atoms with Crippen LogP contribution in [0, 0.1) is 0 Å². The summed E-state index contributed by atoms with van der Waals surface area (Å²) in [5, 5.41) is 0. The summed E-state index contributed by atoms with van der Waals surface area (Å²) in [4.78, 5) is 7.23. The molecule has 0 bridgehead atoms. The van der Waals surface area contributed by atoms with Crippen molar-refractivity contribution in [1.82, 2.24) is 0 Å². The molecule has 0 N–H and O–H groups in total. The molecule has 0 rings (SSSR count). The largest absolute Gasteiger partial charge is 0.467 e. The van der Waals surface area contributed by atoms with Crippen molar-refractivity contribution in [2.75, 3.05) is 7.11 Å². The number of allylic oxidation sites excluding steroid dienone is 1. The second kappa shape index (κ2) is 5.03. The highest BCUT2D eigenvalue weighted by Crippen LogP contribution is 1.81. The Hall–Kier alpha value is -1.12. The van der Waals surface area contributed by atoms with Crippen molar-refractivity contribution in [3.63, 3.8) is 0 Å². The van der Waals surface area contributed by atoms with Gasteiger partial charge in [0.1, 0.15) is 0 Å². The first-order valence-electron chi connectivity index (χ1n) is 2.54. The summed E-state index contributed by atoms with van der Waals surface area (Å²) in [6, 6.07) is 0.285. The fourth-order valence-electron chi connectivity index (χ4n) is 0.296. The molecule has 0 aliphatic rings. The summed E-state index contributed by atoms with van der Waals surface area (Å²) in [5.74, 6) is 0. The van der Waals surface area contributed by atoms with Crippen LogP contribution < -0.4 is 0 Å². The molecule has 0 unspecified atom stereocenters. The lowest BCUT2D eigenvalue weighted by Gasteiger charge is -1.91. The Morgan fingerprint density at radius 2 is 2.33 bits per heavy atom. The molecule has 3 heteroatoms. The zero-order valence-electron chi connectivity index (χ0n) is 5.66. The van der Waals surface area contributed by atoms with E-state index in [0.29, 0.717) is 0 Å². The van der Waals surface area contributed by atoms with Gasteiger partial charge in [-0.1, -0.05) is 6.08 Å². The molecule has 0 atom stereocenters. The van der Waals surface area contributed by atoms with Crippen LogP contribution in [0.4, 0.5) is 0 Å². The molecule has 0 aliphatic heterocycles. The Morgan fingerprint density at radius 3 is 2.67 bits per heavy atom. The smallest absolute Gasteiger partial charge is 0.315 e. The van der Waals surface area contributed by atoms with Gasteiger partial charge < -0.3 is 4.74 Å². The molecule has 0 aliphatic carbocycles. The number of nitrogens with zero attached hydrogens (tertiary/aromatic N) is 2. The van der Waals surface area contributed by atoms with Crippen molar-refractivity contribution < 1.29 is 4.74 Å². The molecule has 0 saturated heterocycles. The Labute approximate surface area is 54.8 Å². The van der Waals surface area contributed by atoms with Gasteiger partial charge >= 0.3 is 6.02 Å². The lowest BCUT2D eigenvalue weighted by Crippen LogP contribution is -1.93. The minimum atomic E-state index is 0.285. The average Bonchev–Trinajstić information content (AvgIpc) is 1.91. The maximum absolute atomic E-state index is 4.67. The van der Waals surface area contributed by atoms with E-state index < -0.39 is 0 Å². The van der Waals surface area contributed by atoms with Crippen LogP contribution >= 0.6 is 0 Å². The summed E-state index contributed by atoms with van der Waals surface area (Å²) in [6.45, 7) is 5.11. The number of amidine groups is 1. The monoisotopic (exact) mass is 126 g/mol. The highest BCUT2D eigenvalue weighted by Gasteiger charge is 1.84. The van der Waals surface area contributed by atoms with E-state index >= 15 is 0 Å². The van der Waals surface area contributed by atoms with E-state index in [1.54, 1.807) is 12.3 Å². The third kappa shape index (κ3) is 3.46. The number of ether oxygens (including phenoxy) is 1. The molecule has 0 saturated carbocycles. The van der Waals surface area contributed by atoms with Crippen LogP contribution in [-0.4, -0.2) is 19.8 Å². The lowest BCUT2D eigenvalue weighted by molar-refractivity contribution is 0.397. The second-order valence-electron chi connectivity index (χ2n) is 1.26. The highest BCUT2D eigenvalue weighted by atomic mass is 16.5. The fraction of sp³-hybridized carbons (Fsp3) is 0.333. The summed E-state index contributed by atoms with van der Waals surface area (Å²) >= 11 is 0. The van der Waals surface area contributed by atoms with Crippen LogP contribution in [-0.2, 0) is 4.74 Å². The molecule has 0 spiro atoms. The van der Waals surface area contributed by atoms with Crippen LogP contribution in [0.1, 0.15) is 6.92 Å². The van der Waals surface area contributed by atoms with Crippen molar-refractivity contribution in [2.45, 2.75) is 6.92 Å². The van der Waals surface area contributed by atoms with Gasteiger partial charge in [0, 0.05) is 6.20 Å². The lowest BCUT2D eigenvalue weighted by atomic mass is 10.7. The SMILES string of the molecule is C=NC(=N/C=C\C)OC. The molecule has 3 nitrogen and oxygen atoms in total.